The van der Waals surface area contributed by atoms with Crippen molar-refractivity contribution >= 4 is 5.97 Å². The Kier molecular flexibility index (Phi) is 2.18. The van der Waals surface area contributed by atoms with Gasteiger partial charge in [0.2, 0.25) is 0 Å². The van der Waals surface area contributed by atoms with E-state index in [0.717, 1.165) is 12.8 Å². The first-order valence-corrected chi connectivity index (χ1v) is 3.92. The van der Waals surface area contributed by atoms with Crippen LogP contribution in [0.15, 0.2) is 0 Å². The van der Waals surface area contributed by atoms with E-state index in [1.807, 2.05) is 6.92 Å². The lowest BCUT2D eigenvalue weighted by atomic mass is 9.93. The Morgan fingerprint density at radius 1 is 1.73 bits per heavy atom. The lowest BCUT2D eigenvalue weighted by Gasteiger charge is -2.23. The monoisotopic (exact) mass is 158 g/mol. The van der Waals surface area contributed by atoms with Crippen LogP contribution < -0.4 is 0 Å². The van der Waals surface area contributed by atoms with Gasteiger partial charge in [-0.2, -0.15) is 0 Å². The van der Waals surface area contributed by atoms with Gasteiger partial charge in [-0.1, -0.05) is 6.92 Å². The molecule has 1 rings (SSSR count). The topological polar surface area (TPSA) is 46.5 Å². The molecule has 0 amide bonds. The van der Waals surface area contributed by atoms with E-state index >= 15 is 0 Å². The van der Waals surface area contributed by atoms with Crippen molar-refractivity contribution in [3.8, 4) is 0 Å². The van der Waals surface area contributed by atoms with Crippen LogP contribution in [-0.2, 0) is 9.53 Å². The zero-order valence-electron chi connectivity index (χ0n) is 6.96. The Balaban J connectivity index is 2.72. The SMILES string of the molecule is COC(=O)C1(O)CCCC1C. The molecule has 0 aromatic heterocycles. The Hall–Kier alpha value is -0.570. The molecule has 0 bridgehead atoms. The van der Waals surface area contributed by atoms with Crippen molar-refractivity contribution in [2.24, 2.45) is 5.92 Å². The van der Waals surface area contributed by atoms with Gasteiger partial charge in [-0.3, -0.25) is 0 Å². The fourth-order valence-corrected chi connectivity index (χ4v) is 1.64. The molecule has 11 heavy (non-hydrogen) atoms. The van der Waals surface area contributed by atoms with Crippen molar-refractivity contribution in [3.05, 3.63) is 0 Å². The highest BCUT2D eigenvalue weighted by atomic mass is 16.5. The molecule has 0 aliphatic heterocycles. The average Bonchev–Trinajstić information content (AvgIpc) is 2.32. The first kappa shape index (κ1) is 8.53. The Morgan fingerprint density at radius 3 is 2.73 bits per heavy atom. The van der Waals surface area contributed by atoms with Crippen molar-refractivity contribution in [1.82, 2.24) is 0 Å². The first-order chi connectivity index (χ1) is 5.11. The van der Waals surface area contributed by atoms with Crippen LogP contribution in [0.1, 0.15) is 26.2 Å². The lowest BCUT2D eigenvalue weighted by Crippen LogP contribution is -2.41. The maximum atomic E-state index is 11.1. The minimum atomic E-state index is -1.20. The molecule has 0 aromatic carbocycles. The molecule has 3 heteroatoms. The maximum absolute atomic E-state index is 11.1. The summed E-state index contributed by atoms with van der Waals surface area (Å²) >= 11 is 0. The van der Waals surface area contributed by atoms with E-state index < -0.39 is 11.6 Å². The molecule has 1 aliphatic carbocycles. The van der Waals surface area contributed by atoms with Gasteiger partial charge in [0.25, 0.3) is 0 Å². The molecule has 64 valence electrons. The third kappa shape index (κ3) is 1.25. The van der Waals surface area contributed by atoms with Crippen LogP contribution in [0.5, 0.6) is 0 Å². The number of aliphatic hydroxyl groups is 1. The number of carbonyl (C=O) groups is 1. The van der Waals surface area contributed by atoms with Gasteiger partial charge < -0.3 is 9.84 Å². The second-order valence-electron chi connectivity index (χ2n) is 3.21. The minimum Gasteiger partial charge on any atom is -0.467 e. The third-order valence-corrected chi connectivity index (χ3v) is 2.55. The van der Waals surface area contributed by atoms with E-state index in [4.69, 9.17) is 0 Å². The van der Waals surface area contributed by atoms with E-state index in [0.29, 0.717) is 6.42 Å². The standard InChI is InChI=1S/C8H14O3/c1-6-4-3-5-8(6,10)7(9)11-2/h6,10H,3-5H2,1-2H3. The number of ether oxygens (including phenoxy) is 1. The highest BCUT2D eigenvalue weighted by molar-refractivity contribution is 5.79. The molecule has 1 fully saturated rings. The molecule has 0 radical (unpaired) electrons. The van der Waals surface area contributed by atoms with E-state index in [1.165, 1.54) is 7.11 Å². The van der Waals surface area contributed by atoms with Crippen LogP contribution in [-0.4, -0.2) is 23.8 Å². The van der Waals surface area contributed by atoms with E-state index in [9.17, 15) is 9.90 Å². The summed E-state index contributed by atoms with van der Waals surface area (Å²) in [6.07, 6.45) is 2.36. The Labute approximate surface area is 66.4 Å². The van der Waals surface area contributed by atoms with E-state index in [1.54, 1.807) is 0 Å². The van der Waals surface area contributed by atoms with Crippen molar-refractivity contribution < 1.29 is 14.6 Å². The molecule has 0 saturated heterocycles. The smallest absolute Gasteiger partial charge is 0.338 e. The summed E-state index contributed by atoms with van der Waals surface area (Å²) < 4.78 is 4.52. The third-order valence-electron chi connectivity index (χ3n) is 2.55. The summed E-state index contributed by atoms with van der Waals surface area (Å²) in [5.74, 6) is -0.447. The van der Waals surface area contributed by atoms with Crippen LogP contribution in [0.2, 0.25) is 0 Å². The summed E-state index contributed by atoms with van der Waals surface area (Å²) in [5.41, 5.74) is -1.20. The molecule has 2 atom stereocenters. The van der Waals surface area contributed by atoms with Crippen LogP contribution in [0.3, 0.4) is 0 Å². The molecule has 3 nitrogen and oxygen atoms in total. The zero-order valence-corrected chi connectivity index (χ0v) is 6.96. The predicted octanol–water partition coefficient (Wildman–Crippen LogP) is 0.710. The second-order valence-corrected chi connectivity index (χ2v) is 3.21. The molecule has 1 aliphatic rings. The Morgan fingerprint density at radius 2 is 2.36 bits per heavy atom. The van der Waals surface area contributed by atoms with Crippen LogP contribution in [0.4, 0.5) is 0 Å². The van der Waals surface area contributed by atoms with Gasteiger partial charge in [-0.25, -0.2) is 4.79 Å². The fraction of sp³-hybridized carbons (Fsp3) is 0.875. The van der Waals surface area contributed by atoms with Crippen molar-refractivity contribution in [1.29, 1.82) is 0 Å². The largest absolute Gasteiger partial charge is 0.467 e. The summed E-state index contributed by atoms with van der Waals surface area (Å²) in [6, 6.07) is 0. The number of carbonyl (C=O) groups excluding carboxylic acids is 1. The Bertz CT molecular complexity index is 167. The normalized spacial score (nSPS) is 37.2. The highest BCUT2D eigenvalue weighted by Gasteiger charge is 2.45. The van der Waals surface area contributed by atoms with Crippen molar-refractivity contribution in [2.45, 2.75) is 31.8 Å². The molecule has 1 saturated carbocycles. The van der Waals surface area contributed by atoms with Crippen molar-refractivity contribution in [3.63, 3.8) is 0 Å². The zero-order chi connectivity index (χ0) is 8.48. The summed E-state index contributed by atoms with van der Waals surface area (Å²) in [5, 5.41) is 9.75. The number of rotatable bonds is 1. The summed E-state index contributed by atoms with van der Waals surface area (Å²) in [7, 11) is 1.31. The quantitative estimate of drug-likeness (QED) is 0.572. The average molecular weight is 158 g/mol. The number of esters is 1. The number of methoxy groups -OCH3 is 1. The molecule has 0 aromatic rings. The molecule has 2 unspecified atom stereocenters. The van der Waals surface area contributed by atoms with Gasteiger partial charge in [0.05, 0.1) is 7.11 Å². The molecular weight excluding hydrogens is 144 g/mol. The molecular formula is C8H14O3. The van der Waals surface area contributed by atoms with E-state index in [2.05, 4.69) is 4.74 Å². The van der Waals surface area contributed by atoms with Gasteiger partial charge in [0.1, 0.15) is 0 Å². The number of hydrogen-bond donors (Lipinski definition) is 1. The van der Waals surface area contributed by atoms with Crippen LogP contribution in [0, 0.1) is 5.92 Å². The van der Waals surface area contributed by atoms with Crippen LogP contribution >= 0.6 is 0 Å². The van der Waals surface area contributed by atoms with Crippen LogP contribution in [0.25, 0.3) is 0 Å². The summed E-state index contributed by atoms with van der Waals surface area (Å²) in [4.78, 5) is 11.1. The van der Waals surface area contributed by atoms with Gasteiger partial charge in [0.15, 0.2) is 5.60 Å². The highest BCUT2D eigenvalue weighted by Crippen LogP contribution is 2.35. The number of hydrogen-bond acceptors (Lipinski definition) is 3. The lowest BCUT2D eigenvalue weighted by molar-refractivity contribution is -0.165. The second kappa shape index (κ2) is 2.81. The van der Waals surface area contributed by atoms with Gasteiger partial charge >= 0.3 is 5.97 Å². The fourth-order valence-electron chi connectivity index (χ4n) is 1.64. The van der Waals surface area contributed by atoms with Gasteiger partial charge in [-0.05, 0) is 25.2 Å². The summed E-state index contributed by atoms with van der Waals surface area (Å²) in [6.45, 7) is 1.88. The van der Waals surface area contributed by atoms with Gasteiger partial charge in [-0.15, -0.1) is 0 Å². The molecule has 1 N–H and O–H groups in total. The predicted molar refractivity (Wildman–Crippen MR) is 40.0 cm³/mol. The maximum Gasteiger partial charge on any atom is 0.338 e. The first-order valence-electron chi connectivity index (χ1n) is 3.92. The van der Waals surface area contributed by atoms with E-state index in [-0.39, 0.29) is 5.92 Å². The molecule has 0 spiro atoms. The molecule has 0 heterocycles. The van der Waals surface area contributed by atoms with Gasteiger partial charge in [0, 0.05) is 0 Å². The minimum absolute atomic E-state index is 0.0370. The van der Waals surface area contributed by atoms with Crippen molar-refractivity contribution in [2.75, 3.05) is 7.11 Å².